The molecule has 6 heteroatoms. The Morgan fingerprint density at radius 3 is 2.74 bits per heavy atom. The maximum Gasteiger partial charge on any atom is 0.273 e. The summed E-state index contributed by atoms with van der Waals surface area (Å²) in [4.78, 5) is 19.1. The summed E-state index contributed by atoms with van der Waals surface area (Å²) in [5.74, 6) is 0.183. The smallest absolute Gasteiger partial charge is 0.273 e. The second kappa shape index (κ2) is 7.70. The van der Waals surface area contributed by atoms with Crippen molar-refractivity contribution in [1.82, 2.24) is 15.0 Å². The lowest BCUT2D eigenvalue weighted by molar-refractivity contribution is 0.0668. The zero-order valence-electron chi connectivity index (χ0n) is 14.8. The van der Waals surface area contributed by atoms with Crippen molar-refractivity contribution in [2.45, 2.75) is 31.7 Å². The van der Waals surface area contributed by atoms with Crippen LogP contribution in [0.3, 0.4) is 0 Å². The molecule has 0 saturated carbocycles. The summed E-state index contributed by atoms with van der Waals surface area (Å²) in [5.41, 5.74) is 1.92. The van der Waals surface area contributed by atoms with Crippen molar-refractivity contribution in [3.05, 3.63) is 71.9 Å². The normalized spacial score (nSPS) is 17.5. The minimum Gasteiger partial charge on any atom is -0.356 e. The van der Waals surface area contributed by atoms with Gasteiger partial charge in [-0.1, -0.05) is 24.1 Å². The van der Waals surface area contributed by atoms with Crippen LogP contribution in [-0.4, -0.2) is 27.5 Å². The van der Waals surface area contributed by atoms with E-state index in [0.29, 0.717) is 18.0 Å². The Balaban J connectivity index is 1.63. The van der Waals surface area contributed by atoms with Crippen LogP contribution in [0.2, 0.25) is 0 Å². The first-order valence-corrected chi connectivity index (χ1v) is 9.17. The third-order valence-corrected chi connectivity index (χ3v) is 4.90. The summed E-state index contributed by atoms with van der Waals surface area (Å²) in [5, 5.41) is 4.22. The first kappa shape index (κ1) is 17.4. The molecule has 1 amide bonds. The molecule has 1 aliphatic heterocycles. The summed E-state index contributed by atoms with van der Waals surface area (Å²) < 4.78 is 18.6. The van der Waals surface area contributed by atoms with Crippen LogP contribution < -0.4 is 0 Å². The van der Waals surface area contributed by atoms with Gasteiger partial charge in [0.05, 0.1) is 6.04 Å². The molecule has 0 bridgehead atoms. The third-order valence-electron chi connectivity index (χ3n) is 4.90. The van der Waals surface area contributed by atoms with E-state index >= 15 is 0 Å². The van der Waals surface area contributed by atoms with Gasteiger partial charge in [-0.15, -0.1) is 0 Å². The molecule has 0 aliphatic carbocycles. The molecule has 0 unspecified atom stereocenters. The van der Waals surface area contributed by atoms with Crippen molar-refractivity contribution in [1.29, 1.82) is 0 Å². The van der Waals surface area contributed by atoms with Crippen LogP contribution in [-0.2, 0) is 0 Å². The predicted molar refractivity (Wildman–Crippen MR) is 98.4 cm³/mol. The standard InChI is InChI=1S/C21H20FN3O2/c22-16-10-8-15(9-11-16)20-14-18(24-27-20)19-7-2-1-5-13-25(19)21(26)17-6-3-4-12-23-17/h3-4,6,8-12,14,19H,1-2,5,7,13H2/t19-/m1/s1. The molecule has 0 N–H and O–H groups in total. The number of carbonyl (C=O) groups excluding carboxylic acids is 1. The number of hydrogen-bond donors (Lipinski definition) is 0. The zero-order valence-corrected chi connectivity index (χ0v) is 14.8. The molecule has 138 valence electrons. The van der Waals surface area contributed by atoms with E-state index in [-0.39, 0.29) is 17.8 Å². The molecule has 1 fully saturated rings. The molecule has 2 aromatic heterocycles. The first-order valence-electron chi connectivity index (χ1n) is 9.17. The molecule has 3 heterocycles. The number of aromatic nitrogens is 2. The molecular weight excluding hydrogens is 345 g/mol. The molecule has 1 aliphatic rings. The number of halogens is 1. The van der Waals surface area contributed by atoms with Gasteiger partial charge in [0.15, 0.2) is 5.76 Å². The lowest BCUT2D eigenvalue weighted by Gasteiger charge is -2.28. The van der Waals surface area contributed by atoms with E-state index < -0.39 is 0 Å². The van der Waals surface area contributed by atoms with Gasteiger partial charge < -0.3 is 9.42 Å². The van der Waals surface area contributed by atoms with E-state index in [1.165, 1.54) is 12.1 Å². The van der Waals surface area contributed by atoms with E-state index in [9.17, 15) is 9.18 Å². The molecule has 5 nitrogen and oxygen atoms in total. The van der Waals surface area contributed by atoms with E-state index in [0.717, 1.165) is 36.9 Å². The SMILES string of the molecule is O=C(c1ccccn1)N1CCCCC[C@@H]1c1cc(-c2ccc(F)cc2)on1. The van der Waals surface area contributed by atoms with Gasteiger partial charge >= 0.3 is 0 Å². The summed E-state index contributed by atoms with van der Waals surface area (Å²) in [7, 11) is 0. The van der Waals surface area contributed by atoms with E-state index in [4.69, 9.17) is 4.52 Å². The van der Waals surface area contributed by atoms with Gasteiger partial charge in [0.25, 0.3) is 5.91 Å². The van der Waals surface area contributed by atoms with E-state index in [1.54, 1.807) is 30.5 Å². The lowest BCUT2D eigenvalue weighted by atomic mass is 10.0. The first-order chi connectivity index (χ1) is 13.2. The Bertz CT molecular complexity index is 909. The molecule has 1 saturated heterocycles. The Labute approximate surface area is 156 Å². The minimum atomic E-state index is -0.297. The maximum atomic E-state index is 13.1. The van der Waals surface area contributed by atoms with Crippen LogP contribution in [0.1, 0.15) is 47.9 Å². The van der Waals surface area contributed by atoms with Gasteiger partial charge in [0.1, 0.15) is 17.2 Å². The van der Waals surface area contributed by atoms with Gasteiger partial charge in [0.2, 0.25) is 0 Å². The fourth-order valence-corrected chi connectivity index (χ4v) is 3.49. The number of likely N-dealkylation sites (tertiary alicyclic amines) is 1. The van der Waals surface area contributed by atoms with Crippen molar-refractivity contribution in [3.8, 4) is 11.3 Å². The second-order valence-corrected chi connectivity index (χ2v) is 6.70. The number of rotatable bonds is 3. The zero-order chi connectivity index (χ0) is 18.6. The number of carbonyl (C=O) groups is 1. The van der Waals surface area contributed by atoms with Crippen LogP contribution in [0.15, 0.2) is 59.3 Å². The third kappa shape index (κ3) is 3.74. The minimum absolute atomic E-state index is 0.0890. The van der Waals surface area contributed by atoms with Gasteiger partial charge in [-0.3, -0.25) is 9.78 Å². The Morgan fingerprint density at radius 2 is 1.96 bits per heavy atom. The Morgan fingerprint density at radius 1 is 1.11 bits per heavy atom. The molecule has 1 atom stereocenters. The quantitative estimate of drug-likeness (QED) is 0.679. The fraction of sp³-hybridized carbons (Fsp3) is 0.286. The van der Waals surface area contributed by atoms with Gasteiger partial charge in [-0.25, -0.2) is 4.39 Å². The van der Waals surface area contributed by atoms with Crippen LogP contribution in [0.25, 0.3) is 11.3 Å². The molecular formula is C21H20FN3O2. The topological polar surface area (TPSA) is 59.2 Å². The summed E-state index contributed by atoms with van der Waals surface area (Å²) in [6.45, 7) is 0.665. The lowest BCUT2D eigenvalue weighted by Crippen LogP contribution is -2.35. The van der Waals surface area contributed by atoms with Crippen molar-refractivity contribution in [3.63, 3.8) is 0 Å². The van der Waals surface area contributed by atoms with Crippen LogP contribution in [0.5, 0.6) is 0 Å². The molecule has 4 rings (SSSR count). The maximum absolute atomic E-state index is 13.1. The van der Waals surface area contributed by atoms with Crippen molar-refractivity contribution in [2.75, 3.05) is 6.54 Å². The van der Waals surface area contributed by atoms with Crippen LogP contribution >= 0.6 is 0 Å². The fourth-order valence-electron chi connectivity index (χ4n) is 3.49. The Hall–Kier alpha value is -3.02. The highest BCUT2D eigenvalue weighted by molar-refractivity contribution is 5.92. The van der Waals surface area contributed by atoms with Gasteiger partial charge in [0, 0.05) is 24.4 Å². The van der Waals surface area contributed by atoms with Crippen LogP contribution in [0.4, 0.5) is 4.39 Å². The highest BCUT2D eigenvalue weighted by atomic mass is 19.1. The van der Waals surface area contributed by atoms with Crippen molar-refractivity contribution < 1.29 is 13.7 Å². The van der Waals surface area contributed by atoms with Crippen molar-refractivity contribution in [2.24, 2.45) is 0 Å². The number of nitrogens with zero attached hydrogens (tertiary/aromatic N) is 3. The summed E-state index contributed by atoms with van der Waals surface area (Å²) in [6, 6.07) is 13.1. The van der Waals surface area contributed by atoms with Gasteiger partial charge in [-0.2, -0.15) is 0 Å². The molecule has 27 heavy (non-hydrogen) atoms. The number of pyridine rings is 1. The molecule has 0 spiro atoms. The summed E-state index contributed by atoms with van der Waals surface area (Å²) >= 11 is 0. The van der Waals surface area contributed by atoms with Gasteiger partial charge in [-0.05, 0) is 49.2 Å². The van der Waals surface area contributed by atoms with Crippen LogP contribution in [0, 0.1) is 5.82 Å². The average Bonchev–Trinajstić information content (AvgIpc) is 3.06. The monoisotopic (exact) mass is 365 g/mol. The number of hydrogen-bond acceptors (Lipinski definition) is 4. The largest absolute Gasteiger partial charge is 0.356 e. The highest BCUT2D eigenvalue weighted by Crippen LogP contribution is 2.33. The van der Waals surface area contributed by atoms with Crippen molar-refractivity contribution >= 4 is 5.91 Å². The summed E-state index contributed by atoms with van der Waals surface area (Å²) in [6.07, 6.45) is 5.51. The second-order valence-electron chi connectivity index (χ2n) is 6.70. The van der Waals surface area contributed by atoms with E-state index in [2.05, 4.69) is 10.1 Å². The number of benzene rings is 1. The number of amides is 1. The average molecular weight is 365 g/mol. The predicted octanol–water partition coefficient (Wildman–Crippen LogP) is 4.63. The molecule has 3 aromatic rings. The highest BCUT2D eigenvalue weighted by Gasteiger charge is 2.30. The Kier molecular flexibility index (Phi) is 4.96. The van der Waals surface area contributed by atoms with E-state index in [1.807, 2.05) is 17.0 Å². The molecule has 0 radical (unpaired) electrons. The molecule has 1 aromatic carbocycles.